The SMILES string of the molecule is CC1OCCC1(O)CNC(=O)C1(c2ccccc2)CC1. The number of nitrogens with one attached hydrogen (secondary N) is 1. The van der Waals surface area contributed by atoms with Crippen LogP contribution in [-0.4, -0.2) is 35.9 Å². The third-order valence-electron chi connectivity index (χ3n) is 4.73. The molecule has 0 aromatic heterocycles. The van der Waals surface area contributed by atoms with Crippen molar-refractivity contribution in [2.24, 2.45) is 0 Å². The van der Waals surface area contributed by atoms with Gasteiger partial charge in [0.2, 0.25) is 5.91 Å². The fourth-order valence-electron chi connectivity index (χ4n) is 2.93. The second-order valence-corrected chi connectivity index (χ2v) is 6.00. The van der Waals surface area contributed by atoms with E-state index < -0.39 is 5.60 Å². The molecular weight excluding hydrogens is 254 g/mol. The van der Waals surface area contributed by atoms with Crippen LogP contribution in [0.1, 0.15) is 31.7 Å². The first-order valence-corrected chi connectivity index (χ1v) is 7.25. The summed E-state index contributed by atoms with van der Waals surface area (Å²) in [6, 6.07) is 9.88. The number of benzene rings is 1. The van der Waals surface area contributed by atoms with Crippen LogP contribution >= 0.6 is 0 Å². The van der Waals surface area contributed by atoms with Crippen LogP contribution in [0.5, 0.6) is 0 Å². The van der Waals surface area contributed by atoms with Gasteiger partial charge in [-0.3, -0.25) is 4.79 Å². The molecule has 4 heteroatoms. The molecule has 0 radical (unpaired) electrons. The lowest BCUT2D eigenvalue weighted by molar-refractivity contribution is -0.125. The lowest BCUT2D eigenvalue weighted by Gasteiger charge is -2.27. The van der Waals surface area contributed by atoms with Gasteiger partial charge in [-0.25, -0.2) is 0 Å². The Morgan fingerprint density at radius 2 is 2.05 bits per heavy atom. The summed E-state index contributed by atoms with van der Waals surface area (Å²) in [6.45, 7) is 2.67. The lowest BCUT2D eigenvalue weighted by Crippen LogP contribution is -2.49. The molecule has 1 aliphatic carbocycles. The molecule has 0 spiro atoms. The third kappa shape index (κ3) is 2.23. The summed E-state index contributed by atoms with van der Waals surface area (Å²) in [5.74, 6) is 0.0243. The first kappa shape index (κ1) is 13.6. The molecule has 1 aromatic rings. The maximum absolute atomic E-state index is 12.5. The highest BCUT2D eigenvalue weighted by Crippen LogP contribution is 2.48. The van der Waals surface area contributed by atoms with Gasteiger partial charge in [-0.2, -0.15) is 0 Å². The maximum Gasteiger partial charge on any atom is 0.230 e. The minimum absolute atomic E-state index is 0.0243. The molecule has 0 bridgehead atoms. The van der Waals surface area contributed by atoms with Gasteiger partial charge in [0.1, 0.15) is 5.60 Å². The van der Waals surface area contributed by atoms with E-state index in [0.717, 1.165) is 18.4 Å². The molecule has 1 saturated heterocycles. The maximum atomic E-state index is 12.5. The fraction of sp³-hybridized carbons (Fsp3) is 0.562. The van der Waals surface area contributed by atoms with Crippen molar-refractivity contribution in [3.05, 3.63) is 35.9 Å². The van der Waals surface area contributed by atoms with E-state index in [1.807, 2.05) is 37.3 Å². The van der Waals surface area contributed by atoms with E-state index >= 15 is 0 Å². The van der Waals surface area contributed by atoms with Gasteiger partial charge in [-0.05, 0) is 25.3 Å². The number of carbonyl (C=O) groups is 1. The molecule has 2 atom stereocenters. The zero-order valence-corrected chi connectivity index (χ0v) is 11.8. The molecule has 2 unspecified atom stereocenters. The van der Waals surface area contributed by atoms with Crippen molar-refractivity contribution >= 4 is 5.91 Å². The number of ether oxygens (including phenoxy) is 1. The summed E-state index contributed by atoms with van der Waals surface area (Å²) in [5.41, 5.74) is -0.233. The molecule has 2 N–H and O–H groups in total. The second-order valence-electron chi connectivity index (χ2n) is 6.00. The quantitative estimate of drug-likeness (QED) is 0.872. The largest absolute Gasteiger partial charge is 0.385 e. The standard InChI is InChI=1S/C16H21NO3/c1-12-16(19,9-10-20-12)11-17-14(18)15(7-8-15)13-5-3-2-4-6-13/h2-6,12,19H,7-11H2,1H3,(H,17,18). The predicted molar refractivity (Wildman–Crippen MR) is 75.3 cm³/mol. The van der Waals surface area contributed by atoms with Crippen LogP contribution in [0.25, 0.3) is 0 Å². The van der Waals surface area contributed by atoms with E-state index in [9.17, 15) is 9.90 Å². The average Bonchev–Trinajstić information content (AvgIpc) is 3.21. The first-order chi connectivity index (χ1) is 9.57. The van der Waals surface area contributed by atoms with Crippen molar-refractivity contribution < 1.29 is 14.6 Å². The monoisotopic (exact) mass is 275 g/mol. The van der Waals surface area contributed by atoms with Gasteiger partial charge in [0.05, 0.1) is 11.5 Å². The van der Waals surface area contributed by atoms with Gasteiger partial charge >= 0.3 is 0 Å². The van der Waals surface area contributed by atoms with E-state index in [1.54, 1.807) is 0 Å². The van der Waals surface area contributed by atoms with Gasteiger partial charge in [-0.1, -0.05) is 30.3 Å². The highest BCUT2D eigenvalue weighted by molar-refractivity contribution is 5.91. The van der Waals surface area contributed by atoms with E-state index in [0.29, 0.717) is 13.0 Å². The summed E-state index contributed by atoms with van der Waals surface area (Å²) in [4.78, 5) is 12.5. The van der Waals surface area contributed by atoms with Gasteiger partial charge in [0.15, 0.2) is 0 Å². The van der Waals surface area contributed by atoms with Gasteiger partial charge in [0.25, 0.3) is 0 Å². The van der Waals surface area contributed by atoms with Crippen molar-refractivity contribution in [2.75, 3.05) is 13.2 Å². The van der Waals surface area contributed by atoms with E-state index in [2.05, 4.69) is 5.32 Å². The lowest BCUT2D eigenvalue weighted by atomic mass is 9.93. The Balaban J connectivity index is 1.66. The first-order valence-electron chi connectivity index (χ1n) is 7.25. The van der Waals surface area contributed by atoms with E-state index in [-0.39, 0.29) is 24.0 Å². The molecule has 1 aliphatic heterocycles. The van der Waals surface area contributed by atoms with Gasteiger partial charge < -0.3 is 15.2 Å². The van der Waals surface area contributed by atoms with Crippen molar-refractivity contribution in [3.8, 4) is 0 Å². The number of hydrogen-bond donors (Lipinski definition) is 2. The molecular formula is C16H21NO3. The van der Waals surface area contributed by atoms with Crippen molar-refractivity contribution in [3.63, 3.8) is 0 Å². The second kappa shape index (κ2) is 4.86. The molecule has 108 valence electrons. The number of rotatable bonds is 4. The van der Waals surface area contributed by atoms with Crippen LogP contribution in [0.2, 0.25) is 0 Å². The van der Waals surface area contributed by atoms with Gasteiger partial charge in [0, 0.05) is 19.6 Å². The summed E-state index contributed by atoms with van der Waals surface area (Å²) in [6.07, 6.45) is 2.11. The van der Waals surface area contributed by atoms with Crippen LogP contribution < -0.4 is 5.32 Å². The summed E-state index contributed by atoms with van der Waals surface area (Å²) in [5, 5.41) is 13.4. The summed E-state index contributed by atoms with van der Waals surface area (Å²) in [7, 11) is 0. The summed E-state index contributed by atoms with van der Waals surface area (Å²) < 4.78 is 5.39. The number of carbonyl (C=O) groups excluding carboxylic acids is 1. The molecule has 2 aliphatic rings. The van der Waals surface area contributed by atoms with E-state index in [4.69, 9.17) is 4.74 Å². The Hall–Kier alpha value is -1.39. The molecule has 4 nitrogen and oxygen atoms in total. The van der Waals surface area contributed by atoms with Crippen LogP contribution in [0, 0.1) is 0 Å². The zero-order valence-electron chi connectivity index (χ0n) is 11.8. The molecule has 1 aromatic carbocycles. The Labute approximate surface area is 119 Å². The molecule has 2 fully saturated rings. The summed E-state index contributed by atoms with van der Waals surface area (Å²) >= 11 is 0. The number of aliphatic hydroxyl groups is 1. The van der Waals surface area contributed by atoms with Crippen LogP contribution in [0.4, 0.5) is 0 Å². The Kier molecular flexibility index (Phi) is 3.30. The normalized spacial score (nSPS) is 31.0. The predicted octanol–water partition coefficient (Wildman–Crippen LogP) is 1.37. The molecule has 1 saturated carbocycles. The minimum atomic E-state index is -0.928. The van der Waals surface area contributed by atoms with Crippen LogP contribution in [-0.2, 0) is 14.9 Å². The topological polar surface area (TPSA) is 58.6 Å². The third-order valence-corrected chi connectivity index (χ3v) is 4.73. The van der Waals surface area contributed by atoms with Crippen LogP contribution in [0.15, 0.2) is 30.3 Å². The van der Waals surface area contributed by atoms with Crippen LogP contribution in [0.3, 0.4) is 0 Å². The van der Waals surface area contributed by atoms with Crippen molar-refractivity contribution in [1.82, 2.24) is 5.32 Å². The Bertz CT molecular complexity index is 498. The van der Waals surface area contributed by atoms with E-state index in [1.165, 1.54) is 0 Å². The molecule has 3 rings (SSSR count). The molecule has 20 heavy (non-hydrogen) atoms. The smallest absolute Gasteiger partial charge is 0.230 e. The highest BCUT2D eigenvalue weighted by Gasteiger charge is 2.51. The van der Waals surface area contributed by atoms with Gasteiger partial charge in [-0.15, -0.1) is 0 Å². The Morgan fingerprint density at radius 3 is 2.60 bits per heavy atom. The Morgan fingerprint density at radius 1 is 1.35 bits per heavy atom. The number of amides is 1. The van der Waals surface area contributed by atoms with Crippen molar-refractivity contribution in [2.45, 2.75) is 43.3 Å². The molecule has 1 amide bonds. The zero-order chi connectivity index (χ0) is 14.2. The minimum Gasteiger partial charge on any atom is -0.385 e. The molecule has 1 heterocycles. The average molecular weight is 275 g/mol. The van der Waals surface area contributed by atoms with Crippen molar-refractivity contribution in [1.29, 1.82) is 0 Å². The highest BCUT2D eigenvalue weighted by atomic mass is 16.5. The fourth-order valence-corrected chi connectivity index (χ4v) is 2.93. The number of hydrogen-bond acceptors (Lipinski definition) is 3.